The van der Waals surface area contributed by atoms with Gasteiger partial charge in [-0.2, -0.15) is 0 Å². The van der Waals surface area contributed by atoms with E-state index in [2.05, 4.69) is 5.32 Å². The largest absolute Gasteiger partial charge is 0.324 e. The van der Waals surface area contributed by atoms with Crippen LogP contribution in [0.1, 0.15) is 18.9 Å². The van der Waals surface area contributed by atoms with Crippen molar-refractivity contribution in [1.82, 2.24) is 0 Å². The van der Waals surface area contributed by atoms with Crippen LogP contribution in [0.15, 0.2) is 54.6 Å². The second-order valence-corrected chi connectivity index (χ2v) is 5.54. The van der Waals surface area contributed by atoms with Crippen molar-refractivity contribution in [3.8, 4) is 0 Å². The number of rotatable bonds is 2. The van der Waals surface area contributed by atoms with E-state index in [4.69, 9.17) is 0 Å². The minimum absolute atomic E-state index is 0.00245. The maximum atomic E-state index is 12.8. The maximum absolute atomic E-state index is 12.8. The summed E-state index contributed by atoms with van der Waals surface area (Å²) in [7, 11) is 0. The lowest BCUT2D eigenvalue weighted by Gasteiger charge is -2.28. The van der Waals surface area contributed by atoms with Gasteiger partial charge in [-0.15, -0.1) is 0 Å². The van der Waals surface area contributed by atoms with Crippen molar-refractivity contribution >= 4 is 23.2 Å². The molecule has 0 aliphatic carbocycles. The van der Waals surface area contributed by atoms with Crippen LogP contribution in [0, 0.1) is 0 Å². The van der Waals surface area contributed by atoms with Gasteiger partial charge in [0.1, 0.15) is 0 Å². The van der Waals surface area contributed by atoms with Crippen molar-refractivity contribution in [2.75, 3.05) is 10.2 Å². The predicted molar refractivity (Wildman–Crippen MR) is 86.8 cm³/mol. The highest BCUT2D eigenvalue weighted by Gasteiger charge is 2.29. The molecular weight excluding hydrogens is 276 g/mol. The number of amides is 2. The summed E-state index contributed by atoms with van der Waals surface area (Å²) in [5, 5.41) is 2.87. The zero-order valence-corrected chi connectivity index (χ0v) is 12.5. The van der Waals surface area contributed by atoms with Gasteiger partial charge in [-0.05, 0) is 24.6 Å². The summed E-state index contributed by atoms with van der Waals surface area (Å²) in [6.45, 7) is 1.91. The molecule has 1 atom stereocenters. The van der Waals surface area contributed by atoms with Gasteiger partial charge in [-0.25, -0.2) is 0 Å². The van der Waals surface area contributed by atoms with Crippen LogP contribution in [-0.4, -0.2) is 17.9 Å². The molecule has 1 N–H and O–H groups in total. The number of benzene rings is 2. The van der Waals surface area contributed by atoms with Crippen LogP contribution in [0.4, 0.5) is 11.4 Å². The summed E-state index contributed by atoms with van der Waals surface area (Å²) in [4.78, 5) is 26.5. The van der Waals surface area contributed by atoms with Crippen LogP contribution in [0.3, 0.4) is 0 Å². The van der Waals surface area contributed by atoms with Gasteiger partial charge in [-0.1, -0.05) is 42.5 Å². The molecule has 2 aromatic rings. The number of nitrogens with one attached hydrogen (secondary N) is 1. The van der Waals surface area contributed by atoms with Crippen LogP contribution < -0.4 is 10.2 Å². The Labute approximate surface area is 129 Å². The normalized spacial score (nSPS) is 17.4. The van der Waals surface area contributed by atoms with E-state index in [0.29, 0.717) is 18.5 Å². The Balaban J connectivity index is 1.94. The molecule has 4 heteroatoms. The average molecular weight is 294 g/mol. The molecule has 3 rings (SSSR count). The maximum Gasteiger partial charge on any atom is 0.231 e. The van der Waals surface area contributed by atoms with Crippen LogP contribution in [0.5, 0.6) is 0 Å². The Morgan fingerprint density at radius 2 is 1.82 bits per heavy atom. The van der Waals surface area contributed by atoms with Gasteiger partial charge in [0.05, 0.1) is 17.8 Å². The molecule has 4 nitrogen and oxygen atoms in total. The fraction of sp³-hybridized carbons (Fsp3) is 0.222. The molecule has 1 unspecified atom stereocenters. The van der Waals surface area contributed by atoms with Crippen LogP contribution >= 0.6 is 0 Å². The standard InChI is InChI=1S/C18H18N2O2/c1-13-11-17(21)19-15-9-5-6-10-16(15)20(13)18(22)12-14-7-3-2-4-8-14/h2-10,13H,11-12H2,1H3,(H,19,21). The van der Waals surface area contributed by atoms with E-state index < -0.39 is 0 Å². The van der Waals surface area contributed by atoms with Gasteiger partial charge in [0, 0.05) is 12.5 Å². The molecule has 0 radical (unpaired) electrons. The first-order valence-corrected chi connectivity index (χ1v) is 7.40. The third kappa shape index (κ3) is 2.86. The summed E-state index contributed by atoms with van der Waals surface area (Å²) < 4.78 is 0. The van der Waals surface area contributed by atoms with Crippen molar-refractivity contribution in [3.05, 3.63) is 60.2 Å². The predicted octanol–water partition coefficient (Wildman–Crippen LogP) is 2.99. The summed E-state index contributed by atoms with van der Waals surface area (Å²) in [6, 6.07) is 16.9. The van der Waals surface area contributed by atoms with Gasteiger partial charge in [0.25, 0.3) is 0 Å². The Bertz CT molecular complexity index is 697. The first kappa shape index (κ1) is 14.3. The van der Waals surface area contributed by atoms with Crippen molar-refractivity contribution in [2.24, 2.45) is 0 Å². The molecule has 0 bridgehead atoms. The van der Waals surface area contributed by atoms with E-state index >= 15 is 0 Å². The van der Waals surface area contributed by atoms with Gasteiger partial charge >= 0.3 is 0 Å². The molecule has 0 aromatic heterocycles. The fourth-order valence-electron chi connectivity index (χ4n) is 2.82. The average Bonchev–Trinajstić information content (AvgIpc) is 2.62. The van der Waals surface area contributed by atoms with E-state index in [1.54, 1.807) is 4.90 Å². The Hall–Kier alpha value is -2.62. The molecule has 1 heterocycles. The molecule has 1 aliphatic heterocycles. The number of hydrogen-bond donors (Lipinski definition) is 1. The quantitative estimate of drug-likeness (QED) is 0.925. The summed E-state index contributed by atoms with van der Waals surface area (Å²) in [6.07, 6.45) is 0.628. The molecule has 2 aromatic carbocycles. The summed E-state index contributed by atoms with van der Waals surface area (Å²) >= 11 is 0. The van der Waals surface area contributed by atoms with E-state index in [0.717, 1.165) is 11.3 Å². The zero-order valence-electron chi connectivity index (χ0n) is 12.5. The molecular formula is C18H18N2O2. The third-order valence-electron chi connectivity index (χ3n) is 3.83. The molecule has 2 amide bonds. The lowest BCUT2D eigenvalue weighted by atomic mass is 10.1. The summed E-state index contributed by atoms with van der Waals surface area (Å²) in [5.41, 5.74) is 2.43. The number of hydrogen-bond acceptors (Lipinski definition) is 2. The number of carbonyl (C=O) groups excluding carboxylic acids is 2. The Morgan fingerprint density at radius 3 is 2.59 bits per heavy atom. The van der Waals surface area contributed by atoms with Crippen LogP contribution in [0.25, 0.3) is 0 Å². The minimum atomic E-state index is -0.167. The molecule has 0 fully saturated rings. The van der Waals surface area contributed by atoms with Crippen LogP contribution in [-0.2, 0) is 16.0 Å². The lowest BCUT2D eigenvalue weighted by Crippen LogP contribution is -2.40. The molecule has 0 spiro atoms. The fourth-order valence-corrected chi connectivity index (χ4v) is 2.82. The Kier molecular flexibility index (Phi) is 3.92. The first-order chi connectivity index (χ1) is 10.6. The van der Waals surface area contributed by atoms with Crippen molar-refractivity contribution in [3.63, 3.8) is 0 Å². The highest BCUT2D eigenvalue weighted by Crippen LogP contribution is 2.31. The van der Waals surface area contributed by atoms with Crippen LogP contribution in [0.2, 0.25) is 0 Å². The monoisotopic (exact) mass is 294 g/mol. The number of carbonyl (C=O) groups is 2. The highest BCUT2D eigenvalue weighted by molar-refractivity contribution is 6.04. The zero-order chi connectivity index (χ0) is 15.5. The van der Waals surface area contributed by atoms with Crippen molar-refractivity contribution in [1.29, 1.82) is 0 Å². The molecule has 112 valence electrons. The van der Waals surface area contributed by atoms with E-state index in [1.807, 2.05) is 61.5 Å². The first-order valence-electron chi connectivity index (χ1n) is 7.40. The second-order valence-electron chi connectivity index (χ2n) is 5.54. The molecule has 0 saturated carbocycles. The van der Waals surface area contributed by atoms with Gasteiger partial charge in [-0.3, -0.25) is 9.59 Å². The van der Waals surface area contributed by atoms with Gasteiger partial charge in [0.2, 0.25) is 11.8 Å². The molecule has 0 saturated heterocycles. The van der Waals surface area contributed by atoms with E-state index in [-0.39, 0.29) is 17.9 Å². The smallest absolute Gasteiger partial charge is 0.231 e. The van der Waals surface area contributed by atoms with E-state index in [1.165, 1.54) is 0 Å². The SMILES string of the molecule is CC1CC(=O)Nc2ccccc2N1C(=O)Cc1ccccc1. The molecule has 22 heavy (non-hydrogen) atoms. The van der Waals surface area contributed by atoms with Gasteiger partial charge < -0.3 is 10.2 Å². The third-order valence-corrected chi connectivity index (χ3v) is 3.83. The number of para-hydroxylation sites is 2. The van der Waals surface area contributed by atoms with Crippen molar-refractivity contribution in [2.45, 2.75) is 25.8 Å². The minimum Gasteiger partial charge on any atom is -0.324 e. The number of anilines is 2. The number of nitrogens with zero attached hydrogens (tertiary/aromatic N) is 1. The van der Waals surface area contributed by atoms with Crippen molar-refractivity contribution < 1.29 is 9.59 Å². The molecule has 1 aliphatic rings. The lowest BCUT2D eigenvalue weighted by molar-refractivity contribution is -0.118. The topological polar surface area (TPSA) is 49.4 Å². The number of fused-ring (bicyclic) bond motifs is 1. The Morgan fingerprint density at radius 1 is 1.14 bits per heavy atom. The van der Waals surface area contributed by atoms with E-state index in [9.17, 15) is 9.59 Å². The van der Waals surface area contributed by atoms with Gasteiger partial charge in [0.15, 0.2) is 0 Å². The summed E-state index contributed by atoms with van der Waals surface area (Å²) in [5.74, 6) is -0.0578. The second kappa shape index (κ2) is 6.02. The highest BCUT2D eigenvalue weighted by atomic mass is 16.2.